The number of anilines is 1. The van der Waals surface area contributed by atoms with Gasteiger partial charge in [-0.1, -0.05) is 38.1 Å². The summed E-state index contributed by atoms with van der Waals surface area (Å²) in [5.74, 6) is 0.448. The number of fused-ring (bicyclic) bond motifs is 1. The molecular weight excluding hydrogens is 404 g/mol. The Morgan fingerprint density at radius 3 is 2.84 bits per heavy atom. The minimum Gasteiger partial charge on any atom is -0.454 e. The minimum atomic E-state index is -0.128. The first kappa shape index (κ1) is 20.2. The predicted octanol–water partition coefficient (Wildman–Crippen LogP) is 2.51. The van der Waals surface area contributed by atoms with Crippen molar-refractivity contribution in [3.05, 3.63) is 71.7 Å². The van der Waals surface area contributed by atoms with Gasteiger partial charge in [0, 0.05) is 37.5 Å². The van der Waals surface area contributed by atoms with Crippen LogP contribution in [0.5, 0.6) is 6.01 Å². The summed E-state index contributed by atoms with van der Waals surface area (Å²) in [4.78, 5) is 9.04. The molecule has 1 aliphatic heterocycles. The molecule has 0 bridgehead atoms. The molecule has 4 heterocycles. The van der Waals surface area contributed by atoms with E-state index in [0.29, 0.717) is 18.6 Å². The van der Waals surface area contributed by atoms with Crippen LogP contribution < -0.4 is 15.8 Å². The predicted molar refractivity (Wildman–Crippen MR) is 122 cm³/mol. The van der Waals surface area contributed by atoms with Gasteiger partial charge in [0.1, 0.15) is 6.10 Å². The highest BCUT2D eigenvalue weighted by atomic mass is 16.5. The van der Waals surface area contributed by atoms with Gasteiger partial charge in [0.2, 0.25) is 5.95 Å². The lowest BCUT2D eigenvalue weighted by molar-refractivity contribution is 0.221. The molecule has 1 atom stereocenters. The number of nitrogens with one attached hydrogen (secondary N) is 1. The van der Waals surface area contributed by atoms with Gasteiger partial charge in [-0.25, -0.2) is 4.68 Å². The summed E-state index contributed by atoms with van der Waals surface area (Å²) in [7, 11) is 0. The summed E-state index contributed by atoms with van der Waals surface area (Å²) in [5, 5.41) is 12.4. The lowest BCUT2D eigenvalue weighted by atomic mass is 9.98. The first-order valence-electron chi connectivity index (χ1n) is 10.8. The van der Waals surface area contributed by atoms with Crippen LogP contribution in [0.3, 0.4) is 0 Å². The van der Waals surface area contributed by atoms with E-state index in [9.17, 15) is 0 Å². The molecular formula is C23H26N8O. The number of rotatable bonds is 6. The molecule has 32 heavy (non-hydrogen) atoms. The van der Waals surface area contributed by atoms with Crippen molar-refractivity contribution >= 4 is 11.6 Å². The molecule has 1 unspecified atom stereocenters. The van der Waals surface area contributed by atoms with E-state index in [1.54, 1.807) is 10.7 Å². The summed E-state index contributed by atoms with van der Waals surface area (Å²) in [6.45, 7) is 5.81. The Kier molecular flexibility index (Phi) is 5.32. The number of hydrogen-bond donors (Lipinski definition) is 2. The van der Waals surface area contributed by atoms with Gasteiger partial charge in [-0.05, 0) is 29.7 Å². The fourth-order valence-corrected chi connectivity index (χ4v) is 4.06. The number of ether oxygens (including phenoxy) is 1. The molecule has 3 N–H and O–H groups in total. The van der Waals surface area contributed by atoms with E-state index in [1.165, 1.54) is 0 Å². The van der Waals surface area contributed by atoms with E-state index in [4.69, 9.17) is 20.6 Å². The molecule has 5 rings (SSSR count). The van der Waals surface area contributed by atoms with Crippen LogP contribution in [0.25, 0.3) is 11.3 Å². The van der Waals surface area contributed by atoms with Crippen LogP contribution in [0.2, 0.25) is 0 Å². The molecule has 0 radical (unpaired) electrons. The molecule has 4 aromatic rings. The van der Waals surface area contributed by atoms with Gasteiger partial charge in [-0.2, -0.15) is 24.7 Å². The van der Waals surface area contributed by atoms with Crippen molar-refractivity contribution in [2.24, 2.45) is 0 Å². The maximum atomic E-state index is 6.27. The lowest BCUT2D eigenvalue weighted by Gasteiger charge is -2.18. The van der Waals surface area contributed by atoms with Crippen LogP contribution in [0.15, 0.2) is 54.9 Å². The number of nitrogens with zero attached hydrogens (tertiary/aromatic N) is 6. The highest BCUT2D eigenvalue weighted by Gasteiger charge is 2.22. The Hall–Kier alpha value is -3.72. The number of nitrogen functional groups attached to an aromatic ring is 1. The number of para-hydroxylation sites is 1. The van der Waals surface area contributed by atoms with Gasteiger partial charge in [0.15, 0.2) is 5.65 Å². The molecule has 0 fully saturated rings. The molecule has 0 amide bonds. The Morgan fingerprint density at radius 1 is 1.22 bits per heavy atom. The SMILES string of the molecule is CC(C)c1c(Cc2ccccc2-n2cccn2)nn2c(N)nc(OC3C=CCNC3)nc12. The Labute approximate surface area is 185 Å². The average Bonchev–Trinajstić information content (AvgIpc) is 3.43. The standard InChI is InChI=1S/C23H26N8O/c1-15(2)20-18(13-16-7-3-4-9-19(16)30-12-6-11-26-30)29-31-21(20)27-23(28-22(31)24)32-17-8-5-10-25-14-17/h3-9,11-12,15,17,25H,10,13-14H2,1-2H3,(H2,24,27,28). The Morgan fingerprint density at radius 2 is 2.09 bits per heavy atom. The van der Waals surface area contributed by atoms with Gasteiger partial charge < -0.3 is 15.8 Å². The van der Waals surface area contributed by atoms with Gasteiger partial charge in [-0.3, -0.25) is 0 Å². The summed E-state index contributed by atoms with van der Waals surface area (Å²) < 4.78 is 9.45. The van der Waals surface area contributed by atoms with E-state index in [1.807, 2.05) is 41.2 Å². The molecule has 0 saturated carbocycles. The van der Waals surface area contributed by atoms with Gasteiger partial charge in [0.25, 0.3) is 0 Å². The van der Waals surface area contributed by atoms with Crippen LogP contribution in [-0.4, -0.2) is 48.6 Å². The van der Waals surface area contributed by atoms with Crippen molar-refractivity contribution in [3.8, 4) is 11.7 Å². The van der Waals surface area contributed by atoms with Crippen molar-refractivity contribution in [2.45, 2.75) is 32.3 Å². The van der Waals surface area contributed by atoms with Crippen LogP contribution in [0.1, 0.15) is 36.6 Å². The quantitative estimate of drug-likeness (QED) is 0.453. The summed E-state index contributed by atoms with van der Waals surface area (Å²) in [6.07, 6.45) is 8.25. The van der Waals surface area contributed by atoms with E-state index >= 15 is 0 Å². The second-order valence-electron chi connectivity index (χ2n) is 8.11. The molecule has 1 aromatic carbocycles. The van der Waals surface area contributed by atoms with Gasteiger partial charge >= 0.3 is 6.01 Å². The van der Waals surface area contributed by atoms with Crippen LogP contribution >= 0.6 is 0 Å². The highest BCUT2D eigenvalue weighted by molar-refractivity contribution is 5.57. The van der Waals surface area contributed by atoms with Crippen molar-refractivity contribution in [2.75, 3.05) is 18.8 Å². The maximum absolute atomic E-state index is 6.27. The molecule has 164 valence electrons. The van der Waals surface area contributed by atoms with Gasteiger partial charge in [-0.15, -0.1) is 0 Å². The minimum absolute atomic E-state index is 0.128. The number of benzene rings is 1. The fourth-order valence-electron chi connectivity index (χ4n) is 4.06. The largest absolute Gasteiger partial charge is 0.454 e. The topological polar surface area (TPSA) is 108 Å². The second-order valence-corrected chi connectivity index (χ2v) is 8.11. The first-order chi connectivity index (χ1) is 15.6. The number of aromatic nitrogens is 6. The molecule has 0 saturated heterocycles. The van der Waals surface area contributed by atoms with E-state index in [0.717, 1.165) is 29.1 Å². The fraction of sp³-hybridized carbons (Fsp3) is 0.304. The summed E-state index contributed by atoms with van der Waals surface area (Å²) >= 11 is 0. The molecule has 0 aliphatic carbocycles. The summed E-state index contributed by atoms with van der Waals surface area (Å²) in [5.41, 5.74) is 11.0. The zero-order valence-corrected chi connectivity index (χ0v) is 18.1. The third kappa shape index (κ3) is 3.82. The smallest absolute Gasteiger partial charge is 0.322 e. The van der Waals surface area contributed by atoms with Crippen molar-refractivity contribution in [1.29, 1.82) is 0 Å². The van der Waals surface area contributed by atoms with Crippen LogP contribution in [0, 0.1) is 0 Å². The second kappa shape index (κ2) is 8.43. The van der Waals surface area contributed by atoms with Gasteiger partial charge in [0.05, 0.1) is 11.4 Å². The van der Waals surface area contributed by atoms with E-state index in [2.05, 4.69) is 41.4 Å². The van der Waals surface area contributed by atoms with Crippen LogP contribution in [0.4, 0.5) is 5.95 Å². The molecule has 1 aliphatic rings. The highest BCUT2D eigenvalue weighted by Crippen LogP contribution is 2.29. The van der Waals surface area contributed by atoms with Crippen molar-refractivity contribution in [1.82, 2.24) is 34.7 Å². The average molecular weight is 431 g/mol. The number of nitrogens with two attached hydrogens (primary N) is 1. The molecule has 9 nitrogen and oxygen atoms in total. The molecule has 3 aromatic heterocycles. The number of hydrogen-bond acceptors (Lipinski definition) is 7. The first-order valence-corrected chi connectivity index (χ1v) is 10.8. The summed E-state index contributed by atoms with van der Waals surface area (Å²) in [6, 6.07) is 10.4. The maximum Gasteiger partial charge on any atom is 0.322 e. The van der Waals surface area contributed by atoms with E-state index in [-0.39, 0.29) is 24.0 Å². The molecule has 0 spiro atoms. The van der Waals surface area contributed by atoms with E-state index < -0.39 is 0 Å². The zero-order chi connectivity index (χ0) is 22.1. The Balaban J connectivity index is 1.56. The third-order valence-corrected chi connectivity index (χ3v) is 5.50. The normalized spacial score (nSPS) is 16.2. The monoisotopic (exact) mass is 430 g/mol. The van der Waals surface area contributed by atoms with Crippen molar-refractivity contribution in [3.63, 3.8) is 0 Å². The van der Waals surface area contributed by atoms with Crippen molar-refractivity contribution < 1.29 is 4.74 Å². The lowest BCUT2D eigenvalue weighted by Crippen LogP contribution is -2.34. The molecule has 9 heteroatoms. The Bertz CT molecular complexity index is 1260. The van der Waals surface area contributed by atoms with Crippen LogP contribution in [-0.2, 0) is 6.42 Å². The third-order valence-electron chi connectivity index (χ3n) is 5.50. The zero-order valence-electron chi connectivity index (χ0n) is 18.1.